The Morgan fingerprint density at radius 2 is 1.80 bits per heavy atom. The predicted octanol–water partition coefficient (Wildman–Crippen LogP) is 6.24. The number of halogens is 3. The molecule has 14 nitrogen and oxygen atoms in total. The van der Waals surface area contributed by atoms with Crippen molar-refractivity contribution in [2.45, 2.75) is 75.3 Å². The maximum absolute atomic E-state index is 15.2. The average Bonchev–Trinajstić information content (AvgIpc) is 4.01. The summed E-state index contributed by atoms with van der Waals surface area (Å²) in [7, 11) is 5.65. The van der Waals surface area contributed by atoms with E-state index in [-0.39, 0.29) is 34.6 Å². The van der Waals surface area contributed by atoms with Crippen molar-refractivity contribution in [3.05, 3.63) is 63.7 Å². The number of aromatic nitrogens is 5. The van der Waals surface area contributed by atoms with Crippen molar-refractivity contribution in [3.63, 3.8) is 0 Å². The number of amides is 2. The first-order valence-electron chi connectivity index (χ1n) is 20.3. The summed E-state index contributed by atoms with van der Waals surface area (Å²) in [6, 6.07) is 10.7. The Balaban J connectivity index is 0.828. The predicted molar refractivity (Wildman–Crippen MR) is 221 cm³/mol. The fourth-order valence-corrected chi connectivity index (χ4v) is 10.0. The Hall–Kier alpha value is -5.51. The number of nitrogens with one attached hydrogen (secondary N) is 3. The zero-order valence-corrected chi connectivity index (χ0v) is 33.8. The normalized spacial score (nSPS) is 22.6. The Kier molecular flexibility index (Phi) is 8.82. The third-order valence-electron chi connectivity index (χ3n) is 13.3. The van der Waals surface area contributed by atoms with Gasteiger partial charge in [0.25, 0.3) is 5.56 Å². The van der Waals surface area contributed by atoms with E-state index in [0.29, 0.717) is 70.8 Å². The Labute approximate surface area is 343 Å². The number of carbonyl (C=O) groups is 2. The summed E-state index contributed by atoms with van der Waals surface area (Å²) < 4.78 is 39.1. The molecule has 2 aliphatic carbocycles. The van der Waals surface area contributed by atoms with Gasteiger partial charge >= 0.3 is 5.92 Å². The van der Waals surface area contributed by atoms with Gasteiger partial charge in [0.05, 0.1) is 46.3 Å². The van der Waals surface area contributed by atoms with Crippen LogP contribution in [0.4, 0.5) is 37.6 Å². The van der Waals surface area contributed by atoms with Crippen molar-refractivity contribution in [1.82, 2.24) is 29.6 Å². The van der Waals surface area contributed by atoms with Gasteiger partial charge in [-0.2, -0.15) is 10.1 Å². The molecule has 308 valence electrons. The number of imide groups is 1. The van der Waals surface area contributed by atoms with Crippen molar-refractivity contribution >= 4 is 74.0 Å². The second-order valence-corrected chi connectivity index (χ2v) is 17.6. The highest BCUT2D eigenvalue weighted by Crippen LogP contribution is 2.48. The second-order valence-electron chi connectivity index (χ2n) is 17.2. The Morgan fingerprint density at radius 1 is 1.02 bits per heavy atom. The molecule has 2 saturated carbocycles. The summed E-state index contributed by atoms with van der Waals surface area (Å²) >= 11 is 6.64. The number of benzene rings is 2. The monoisotopic (exact) mass is 826 g/mol. The topological polar surface area (TPSA) is 152 Å². The molecule has 59 heavy (non-hydrogen) atoms. The second kappa shape index (κ2) is 13.8. The fourth-order valence-electron chi connectivity index (χ4n) is 9.88. The van der Waals surface area contributed by atoms with Crippen molar-refractivity contribution in [2.75, 3.05) is 47.2 Å². The van der Waals surface area contributed by atoms with Gasteiger partial charge in [0.15, 0.2) is 12.4 Å². The Bertz CT molecular complexity index is 2610. The van der Waals surface area contributed by atoms with Crippen LogP contribution in [0, 0.1) is 11.3 Å². The fraction of sp³-hybridized carbons (Fsp3) is 0.476. The third-order valence-corrected chi connectivity index (χ3v) is 13.6. The summed E-state index contributed by atoms with van der Waals surface area (Å²) in [4.78, 5) is 51.7. The number of anilines is 5. The molecule has 6 heterocycles. The maximum atomic E-state index is 15.2. The number of aryl methyl sites for hydroxylation is 2. The van der Waals surface area contributed by atoms with Gasteiger partial charge in [-0.15, -0.1) is 0 Å². The quantitative estimate of drug-likeness (QED) is 0.160. The van der Waals surface area contributed by atoms with Gasteiger partial charge in [-0.25, -0.2) is 13.8 Å². The summed E-state index contributed by atoms with van der Waals surface area (Å²) in [6.07, 6.45) is 7.88. The first-order chi connectivity index (χ1) is 28.3. The molecule has 0 radical (unpaired) electrons. The number of alkyl halides is 2. The molecule has 10 rings (SSSR count). The molecule has 5 aliphatic rings. The van der Waals surface area contributed by atoms with E-state index in [2.05, 4.69) is 43.8 Å². The lowest BCUT2D eigenvalue weighted by molar-refractivity contribution is -0.134. The smallest absolute Gasteiger partial charge is 0.301 e. The Morgan fingerprint density at radius 3 is 2.54 bits per heavy atom. The molecule has 3 aliphatic heterocycles. The molecule has 17 heteroatoms. The van der Waals surface area contributed by atoms with E-state index >= 15 is 8.78 Å². The van der Waals surface area contributed by atoms with Gasteiger partial charge < -0.3 is 29.7 Å². The van der Waals surface area contributed by atoms with Crippen LogP contribution in [0.1, 0.15) is 63.0 Å². The van der Waals surface area contributed by atoms with Crippen LogP contribution >= 0.6 is 11.6 Å². The number of carbonyl (C=O) groups excluding carboxylic acids is 2. The molecule has 3 N–H and O–H groups in total. The minimum Gasteiger partial charge on any atom is -0.480 e. The molecule has 0 bridgehead atoms. The van der Waals surface area contributed by atoms with E-state index in [1.54, 1.807) is 31.4 Å². The summed E-state index contributed by atoms with van der Waals surface area (Å²) in [6.45, 7) is 0.790. The molecule has 2 aromatic carbocycles. The number of fused-ring (bicyclic) bond motifs is 4. The van der Waals surface area contributed by atoms with Crippen LogP contribution in [0.5, 0.6) is 5.75 Å². The van der Waals surface area contributed by atoms with Crippen LogP contribution < -0.4 is 36.0 Å². The number of nitrogens with zero attached hydrogens (tertiary/aromatic N) is 7. The molecule has 3 aromatic heterocycles. The summed E-state index contributed by atoms with van der Waals surface area (Å²) in [5.41, 5.74) is 3.90. The standard InChI is InChI=1S/C42H45ClF2N10O4/c1-52(30-6-4-5-25-32(51-54(3)34(25)30)26-10-12-31(56)48-38(26)57)24-13-15-41(16-14-24)19-55(20-41)40-46-18-28(43)37(50-40)47-23-9-11-29-27(17-23)33-35(39(58)53(29)2)59-21-42(44,45)36(49-33)22-7-8-22/h4-6,9,11,17-18,22,24,26,36,49H,7-8,10,12-16,19-21H2,1-3H3,(H,46,47,50)(H,48,56,57). The number of pyridine rings is 1. The minimum atomic E-state index is -3.13. The maximum Gasteiger partial charge on any atom is 0.301 e. The van der Waals surface area contributed by atoms with Gasteiger partial charge in [-0.05, 0) is 75.1 Å². The molecule has 4 fully saturated rings. The first kappa shape index (κ1) is 37.7. The van der Waals surface area contributed by atoms with E-state index in [0.717, 1.165) is 55.4 Å². The van der Waals surface area contributed by atoms with Crippen LogP contribution in [0.3, 0.4) is 0 Å². The number of hydrogen-bond acceptors (Lipinski definition) is 11. The van der Waals surface area contributed by atoms with E-state index in [9.17, 15) is 14.4 Å². The number of para-hydroxylation sites is 1. The molecule has 2 saturated heterocycles. The van der Waals surface area contributed by atoms with E-state index in [1.807, 2.05) is 23.9 Å². The third kappa shape index (κ3) is 6.41. The lowest BCUT2D eigenvalue weighted by Gasteiger charge is -2.54. The molecule has 1 spiro atoms. The lowest BCUT2D eigenvalue weighted by Crippen LogP contribution is -2.59. The van der Waals surface area contributed by atoms with Gasteiger partial charge in [-0.1, -0.05) is 23.7 Å². The van der Waals surface area contributed by atoms with Crippen molar-refractivity contribution in [1.29, 1.82) is 0 Å². The van der Waals surface area contributed by atoms with Gasteiger partial charge in [0.1, 0.15) is 5.02 Å². The van der Waals surface area contributed by atoms with Crippen molar-refractivity contribution < 1.29 is 23.1 Å². The number of rotatable bonds is 7. The minimum absolute atomic E-state index is 0.110. The van der Waals surface area contributed by atoms with Gasteiger partial charge in [0.2, 0.25) is 23.5 Å². The summed E-state index contributed by atoms with van der Waals surface area (Å²) in [5.74, 6) is -3.43. The molecular formula is C42H45ClF2N10O4. The van der Waals surface area contributed by atoms with Gasteiger partial charge in [0, 0.05) is 68.6 Å². The van der Waals surface area contributed by atoms with E-state index in [4.69, 9.17) is 26.4 Å². The first-order valence-corrected chi connectivity index (χ1v) is 20.7. The van der Waals surface area contributed by atoms with Crippen LogP contribution in [0.15, 0.2) is 47.4 Å². The van der Waals surface area contributed by atoms with E-state index in [1.165, 1.54) is 4.57 Å². The highest BCUT2D eigenvalue weighted by molar-refractivity contribution is 6.33. The molecule has 2 amide bonds. The zero-order chi connectivity index (χ0) is 41.0. The number of ether oxygens (including phenoxy) is 1. The van der Waals surface area contributed by atoms with Crippen molar-refractivity contribution in [3.8, 4) is 5.75 Å². The molecular weight excluding hydrogens is 782 g/mol. The molecule has 2 atom stereocenters. The van der Waals surface area contributed by atoms with Crippen LogP contribution in [0.25, 0.3) is 21.8 Å². The van der Waals surface area contributed by atoms with Crippen LogP contribution in [-0.4, -0.2) is 80.9 Å². The summed E-state index contributed by atoms with van der Waals surface area (Å²) in [5, 5.41) is 15.4. The van der Waals surface area contributed by atoms with Crippen LogP contribution in [-0.2, 0) is 23.7 Å². The lowest BCUT2D eigenvalue weighted by atomic mass is 9.67. The number of piperidine rings is 1. The number of hydrogen-bond donors (Lipinski definition) is 3. The average molecular weight is 827 g/mol. The highest BCUT2D eigenvalue weighted by atomic mass is 35.5. The molecule has 2 unspecified atom stereocenters. The van der Waals surface area contributed by atoms with Gasteiger partial charge in [-0.3, -0.25) is 24.4 Å². The highest BCUT2D eigenvalue weighted by Gasteiger charge is 2.51. The van der Waals surface area contributed by atoms with Crippen LogP contribution in [0.2, 0.25) is 5.02 Å². The largest absolute Gasteiger partial charge is 0.480 e. The SMILES string of the molecule is CN(c1cccc2c(C3CCC(=O)NC3=O)nn(C)c12)C1CCC2(CC1)CN(c1ncc(Cl)c(Nc3ccc4c(c3)c3c(c(=O)n4C)OCC(F)(F)C(C4CC4)N3)n1)C2. The van der Waals surface area contributed by atoms with E-state index < -0.39 is 30.0 Å². The molecule has 5 aromatic rings. The van der Waals surface area contributed by atoms with Crippen molar-refractivity contribution in [2.24, 2.45) is 25.4 Å². The zero-order valence-electron chi connectivity index (χ0n) is 33.0.